The number of carbonyl (C=O) groups excluding carboxylic acids is 2. The van der Waals surface area contributed by atoms with Crippen LogP contribution in [0.3, 0.4) is 0 Å². The molecule has 0 bridgehead atoms. The van der Waals surface area contributed by atoms with E-state index in [2.05, 4.69) is 27.7 Å². The van der Waals surface area contributed by atoms with E-state index in [1.54, 1.807) is 24.3 Å². The highest BCUT2D eigenvalue weighted by molar-refractivity contribution is 5.95. The molecule has 0 radical (unpaired) electrons. The molecule has 0 N–H and O–H groups in total. The Kier molecular flexibility index (Phi) is 9.90. The van der Waals surface area contributed by atoms with Crippen molar-refractivity contribution in [2.75, 3.05) is 13.2 Å². The molecule has 0 amide bonds. The SMILES string of the molecule is CCCCC(CC)COC(=O)c1cccc(C(=O)OCCC(C)C)c1. The Hall–Kier alpha value is -1.84. The van der Waals surface area contributed by atoms with Crippen LogP contribution in [0.1, 0.15) is 80.5 Å². The quantitative estimate of drug-likeness (QED) is 0.512. The zero-order valence-electron chi connectivity index (χ0n) is 16.0. The molecular weight excluding hydrogens is 316 g/mol. The van der Waals surface area contributed by atoms with E-state index >= 15 is 0 Å². The Balaban J connectivity index is 2.57. The maximum absolute atomic E-state index is 12.2. The number of ether oxygens (including phenoxy) is 2. The van der Waals surface area contributed by atoms with Crippen molar-refractivity contribution >= 4 is 11.9 Å². The smallest absolute Gasteiger partial charge is 0.338 e. The third kappa shape index (κ3) is 8.19. The first-order chi connectivity index (χ1) is 12.0. The molecule has 0 aliphatic heterocycles. The van der Waals surface area contributed by atoms with E-state index in [-0.39, 0.29) is 5.97 Å². The molecule has 140 valence electrons. The van der Waals surface area contributed by atoms with Gasteiger partial charge < -0.3 is 9.47 Å². The summed E-state index contributed by atoms with van der Waals surface area (Å²) in [5.74, 6) is 0.0953. The molecule has 0 spiro atoms. The maximum Gasteiger partial charge on any atom is 0.338 e. The molecule has 1 rings (SSSR count). The van der Waals surface area contributed by atoms with Crippen molar-refractivity contribution in [3.05, 3.63) is 35.4 Å². The second-order valence-electron chi connectivity index (χ2n) is 6.91. The van der Waals surface area contributed by atoms with Crippen molar-refractivity contribution in [2.45, 2.75) is 59.8 Å². The zero-order chi connectivity index (χ0) is 18.7. The standard InChI is InChI=1S/C21H32O4/c1-5-7-9-17(6-2)15-25-21(23)19-11-8-10-18(14-19)20(22)24-13-12-16(3)4/h8,10-11,14,16-17H,5-7,9,12-13,15H2,1-4H3. The topological polar surface area (TPSA) is 52.6 Å². The fraction of sp³-hybridized carbons (Fsp3) is 0.619. The van der Waals surface area contributed by atoms with Gasteiger partial charge in [0.1, 0.15) is 0 Å². The van der Waals surface area contributed by atoms with Gasteiger partial charge in [0, 0.05) is 0 Å². The summed E-state index contributed by atoms with van der Waals surface area (Å²) < 4.78 is 10.7. The molecule has 0 aromatic heterocycles. The molecule has 0 aliphatic carbocycles. The fourth-order valence-corrected chi connectivity index (χ4v) is 2.42. The first-order valence-electron chi connectivity index (χ1n) is 9.42. The number of carbonyl (C=O) groups is 2. The van der Waals surface area contributed by atoms with Crippen molar-refractivity contribution in [1.82, 2.24) is 0 Å². The largest absolute Gasteiger partial charge is 0.462 e. The van der Waals surface area contributed by atoms with Crippen LogP contribution in [0.2, 0.25) is 0 Å². The van der Waals surface area contributed by atoms with E-state index in [1.807, 2.05) is 0 Å². The first-order valence-corrected chi connectivity index (χ1v) is 9.42. The minimum absolute atomic E-state index is 0.383. The third-order valence-electron chi connectivity index (χ3n) is 4.26. The monoisotopic (exact) mass is 348 g/mol. The van der Waals surface area contributed by atoms with Gasteiger partial charge in [-0.2, -0.15) is 0 Å². The summed E-state index contributed by atoms with van der Waals surface area (Å²) in [4.78, 5) is 24.3. The highest BCUT2D eigenvalue weighted by atomic mass is 16.5. The number of benzene rings is 1. The van der Waals surface area contributed by atoms with Gasteiger partial charge >= 0.3 is 11.9 Å². The van der Waals surface area contributed by atoms with Gasteiger partial charge in [-0.1, -0.05) is 53.0 Å². The molecule has 1 aromatic rings. The molecule has 25 heavy (non-hydrogen) atoms. The number of rotatable bonds is 11. The Labute approximate surface area is 151 Å². The molecule has 0 fully saturated rings. The van der Waals surface area contributed by atoms with Gasteiger partial charge in [-0.25, -0.2) is 9.59 Å². The lowest BCUT2D eigenvalue weighted by Gasteiger charge is -2.14. The minimum atomic E-state index is -0.398. The molecule has 4 nitrogen and oxygen atoms in total. The summed E-state index contributed by atoms with van der Waals surface area (Å²) in [6.45, 7) is 9.24. The predicted molar refractivity (Wildman–Crippen MR) is 99.8 cm³/mol. The number of esters is 2. The first kappa shape index (κ1) is 21.2. The van der Waals surface area contributed by atoms with E-state index in [0.29, 0.717) is 36.2 Å². The lowest BCUT2D eigenvalue weighted by molar-refractivity contribution is 0.0428. The average molecular weight is 348 g/mol. The normalized spacial score (nSPS) is 12.0. The summed E-state index contributed by atoms with van der Waals surface area (Å²) in [5.41, 5.74) is 0.778. The Morgan fingerprint density at radius 1 is 1.00 bits per heavy atom. The van der Waals surface area contributed by atoms with Gasteiger partial charge in [0.05, 0.1) is 24.3 Å². The summed E-state index contributed by atoms with van der Waals surface area (Å²) in [7, 11) is 0. The molecule has 1 atom stereocenters. The molecule has 0 saturated carbocycles. The van der Waals surface area contributed by atoms with Gasteiger partial charge in [-0.3, -0.25) is 0 Å². The van der Waals surface area contributed by atoms with Crippen LogP contribution in [0, 0.1) is 11.8 Å². The van der Waals surface area contributed by atoms with E-state index in [1.165, 1.54) is 0 Å². The molecular formula is C21H32O4. The lowest BCUT2D eigenvalue weighted by atomic mass is 10.0. The van der Waals surface area contributed by atoms with E-state index in [9.17, 15) is 9.59 Å². The van der Waals surface area contributed by atoms with Crippen LogP contribution in [-0.2, 0) is 9.47 Å². The number of hydrogen-bond acceptors (Lipinski definition) is 4. The van der Waals surface area contributed by atoms with E-state index in [0.717, 1.165) is 32.1 Å². The van der Waals surface area contributed by atoms with Crippen LogP contribution in [0.15, 0.2) is 24.3 Å². The van der Waals surface area contributed by atoms with Crippen LogP contribution < -0.4 is 0 Å². The van der Waals surface area contributed by atoms with Gasteiger partial charge in [0.2, 0.25) is 0 Å². The van der Waals surface area contributed by atoms with Crippen molar-refractivity contribution in [2.24, 2.45) is 11.8 Å². The summed E-state index contributed by atoms with van der Waals surface area (Å²) in [6, 6.07) is 6.56. The summed E-state index contributed by atoms with van der Waals surface area (Å²) in [5, 5.41) is 0. The maximum atomic E-state index is 12.2. The van der Waals surface area contributed by atoms with E-state index in [4.69, 9.17) is 9.47 Å². The molecule has 0 aliphatic rings. The van der Waals surface area contributed by atoms with Gasteiger partial charge in [-0.05, 0) is 42.9 Å². The summed E-state index contributed by atoms with van der Waals surface area (Å²) in [6.07, 6.45) is 5.18. The van der Waals surface area contributed by atoms with Crippen LogP contribution in [0.4, 0.5) is 0 Å². The summed E-state index contributed by atoms with van der Waals surface area (Å²) >= 11 is 0. The highest BCUT2D eigenvalue weighted by Crippen LogP contribution is 2.15. The van der Waals surface area contributed by atoms with Crippen LogP contribution >= 0.6 is 0 Å². The second kappa shape index (κ2) is 11.7. The van der Waals surface area contributed by atoms with Crippen LogP contribution in [0.25, 0.3) is 0 Å². The Morgan fingerprint density at radius 3 is 2.20 bits per heavy atom. The Morgan fingerprint density at radius 2 is 1.64 bits per heavy atom. The average Bonchev–Trinajstić information content (AvgIpc) is 2.61. The van der Waals surface area contributed by atoms with Crippen LogP contribution in [-0.4, -0.2) is 25.2 Å². The molecule has 0 heterocycles. The molecule has 4 heteroatoms. The number of hydrogen-bond donors (Lipinski definition) is 0. The van der Waals surface area contributed by atoms with Crippen molar-refractivity contribution in [3.63, 3.8) is 0 Å². The Bertz CT molecular complexity index is 536. The van der Waals surface area contributed by atoms with Gasteiger partial charge in [-0.15, -0.1) is 0 Å². The van der Waals surface area contributed by atoms with Crippen molar-refractivity contribution in [1.29, 1.82) is 0 Å². The van der Waals surface area contributed by atoms with Crippen LogP contribution in [0.5, 0.6) is 0 Å². The van der Waals surface area contributed by atoms with E-state index < -0.39 is 5.97 Å². The molecule has 1 unspecified atom stereocenters. The zero-order valence-corrected chi connectivity index (χ0v) is 16.0. The third-order valence-corrected chi connectivity index (χ3v) is 4.26. The molecule has 0 saturated heterocycles. The minimum Gasteiger partial charge on any atom is -0.462 e. The van der Waals surface area contributed by atoms with Gasteiger partial charge in [0.25, 0.3) is 0 Å². The number of unbranched alkanes of at least 4 members (excludes halogenated alkanes) is 1. The van der Waals surface area contributed by atoms with Gasteiger partial charge in [0.15, 0.2) is 0 Å². The predicted octanol–water partition coefficient (Wildman–Crippen LogP) is 5.26. The second-order valence-corrected chi connectivity index (χ2v) is 6.91. The van der Waals surface area contributed by atoms with Crippen molar-refractivity contribution < 1.29 is 19.1 Å². The highest BCUT2D eigenvalue weighted by Gasteiger charge is 2.15. The lowest BCUT2D eigenvalue weighted by Crippen LogP contribution is -2.15. The molecule has 1 aromatic carbocycles. The van der Waals surface area contributed by atoms with Crippen molar-refractivity contribution in [3.8, 4) is 0 Å². The fourth-order valence-electron chi connectivity index (χ4n) is 2.42.